The number of esters is 2. The molecule has 0 radical (unpaired) electrons. The van der Waals surface area contributed by atoms with Gasteiger partial charge in [0.1, 0.15) is 11.2 Å². The van der Waals surface area contributed by atoms with E-state index in [-0.39, 0.29) is 23.1 Å². The van der Waals surface area contributed by atoms with Crippen molar-refractivity contribution in [1.82, 2.24) is 0 Å². The van der Waals surface area contributed by atoms with E-state index >= 15 is 0 Å². The topological polar surface area (TPSA) is 52.6 Å². The third kappa shape index (κ3) is 6.99. The summed E-state index contributed by atoms with van der Waals surface area (Å²) in [6, 6.07) is 0. The average molecular weight is 405 g/mol. The van der Waals surface area contributed by atoms with Crippen LogP contribution in [0.25, 0.3) is 0 Å². The van der Waals surface area contributed by atoms with E-state index in [0.29, 0.717) is 18.8 Å². The van der Waals surface area contributed by atoms with Crippen molar-refractivity contribution < 1.29 is 19.1 Å². The van der Waals surface area contributed by atoms with Crippen LogP contribution in [0.4, 0.5) is 0 Å². The minimum absolute atomic E-state index is 0.0834. The van der Waals surface area contributed by atoms with Gasteiger partial charge in [-0.05, 0) is 63.9 Å². The number of carbonyl (C=O) groups excluding carboxylic acids is 2. The molecule has 0 aromatic heterocycles. The molecule has 152 valence electrons. The fourth-order valence-corrected chi connectivity index (χ4v) is 4.63. The summed E-state index contributed by atoms with van der Waals surface area (Å²) in [5.41, 5.74) is -0.748. The first kappa shape index (κ1) is 23.7. The van der Waals surface area contributed by atoms with E-state index < -0.39 is 0 Å². The van der Waals surface area contributed by atoms with E-state index in [0.717, 1.165) is 50.0 Å². The first-order valence-corrected chi connectivity index (χ1v) is 12.5. The molecule has 1 aliphatic carbocycles. The largest absolute Gasteiger partial charge is 0.459 e. The SMILES string of the molecule is CCC(CC)(OC(=O)CCSC)C1CCC(C)(OC(=O)CCSC)CC1. The van der Waals surface area contributed by atoms with Crippen LogP contribution < -0.4 is 0 Å². The van der Waals surface area contributed by atoms with Crippen molar-refractivity contribution in [2.75, 3.05) is 24.0 Å². The summed E-state index contributed by atoms with van der Waals surface area (Å²) in [4.78, 5) is 24.2. The summed E-state index contributed by atoms with van der Waals surface area (Å²) in [6.45, 7) is 6.27. The van der Waals surface area contributed by atoms with Crippen molar-refractivity contribution in [3.05, 3.63) is 0 Å². The van der Waals surface area contributed by atoms with Gasteiger partial charge in [0.05, 0.1) is 12.8 Å². The first-order chi connectivity index (χ1) is 12.3. The Morgan fingerprint density at radius 3 is 1.96 bits per heavy atom. The van der Waals surface area contributed by atoms with Crippen LogP contribution in [-0.4, -0.2) is 47.2 Å². The zero-order chi connectivity index (χ0) is 19.6. The van der Waals surface area contributed by atoms with Gasteiger partial charge in [0.2, 0.25) is 0 Å². The number of carbonyl (C=O) groups is 2. The van der Waals surface area contributed by atoms with E-state index in [1.54, 1.807) is 23.5 Å². The van der Waals surface area contributed by atoms with Crippen molar-refractivity contribution >= 4 is 35.5 Å². The lowest BCUT2D eigenvalue weighted by Gasteiger charge is -2.45. The minimum Gasteiger partial charge on any atom is -0.459 e. The fraction of sp³-hybridized carbons (Fsp3) is 0.900. The summed E-state index contributed by atoms with van der Waals surface area (Å²) in [6.07, 6.45) is 10.2. The monoisotopic (exact) mass is 404 g/mol. The molecule has 1 saturated carbocycles. The molecule has 0 aromatic rings. The van der Waals surface area contributed by atoms with Gasteiger partial charge in [-0.2, -0.15) is 23.5 Å². The standard InChI is InChI=1S/C20H36O4S2/c1-6-20(7-2,24-18(22)11-15-26-5)16-8-12-19(3,13-9-16)23-17(21)10-14-25-4/h16H,6-15H2,1-5H3. The lowest BCUT2D eigenvalue weighted by Crippen LogP contribution is -2.47. The minimum atomic E-state index is -0.375. The summed E-state index contributed by atoms with van der Waals surface area (Å²) in [5.74, 6) is 1.77. The second kappa shape index (κ2) is 11.5. The molecule has 26 heavy (non-hydrogen) atoms. The van der Waals surface area contributed by atoms with Crippen molar-refractivity contribution in [1.29, 1.82) is 0 Å². The Morgan fingerprint density at radius 2 is 1.50 bits per heavy atom. The predicted molar refractivity (Wildman–Crippen MR) is 112 cm³/mol. The van der Waals surface area contributed by atoms with Crippen LogP contribution in [-0.2, 0) is 19.1 Å². The van der Waals surface area contributed by atoms with E-state index in [1.165, 1.54) is 0 Å². The Balaban J connectivity index is 2.66. The predicted octanol–water partition coefficient (Wildman–Crippen LogP) is 5.09. The Labute approximate surface area is 167 Å². The van der Waals surface area contributed by atoms with E-state index in [2.05, 4.69) is 13.8 Å². The van der Waals surface area contributed by atoms with Crippen LogP contribution in [0.5, 0.6) is 0 Å². The van der Waals surface area contributed by atoms with Gasteiger partial charge < -0.3 is 9.47 Å². The van der Waals surface area contributed by atoms with E-state index in [9.17, 15) is 9.59 Å². The van der Waals surface area contributed by atoms with Gasteiger partial charge in [-0.1, -0.05) is 13.8 Å². The first-order valence-electron chi connectivity index (χ1n) is 9.76. The number of hydrogen-bond acceptors (Lipinski definition) is 6. The number of hydrogen-bond donors (Lipinski definition) is 0. The van der Waals surface area contributed by atoms with Gasteiger partial charge >= 0.3 is 11.9 Å². The molecule has 6 heteroatoms. The third-order valence-electron chi connectivity index (χ3n) is 5.68. The molecule has 0 unspecified atom stereocenters. The van der Waals surface area contributed by atoms with E-state index in [1.807, 2.05) is 19.4 Å². The van der Waals surface area contributed by atoms with Gasteiger partial charge in [-0.25, -0.2) is 0 Å². The molecule has 0 amide bonds. The Bertz CT molecular complexity index is 441. The number of ether oxygens (including phenoxy) is 2. The van der Waals surface area contributed by atoms with Crippen molar-refractivity contribution in [3.8, 4) is 0 Å². The molecule has 1 rings (SSSR count). The molecule has 0 aromatic carbocycles. The van der Waals surface area contributed by atoms with Crippen LogP contribution in [0.15, 0.2) is 0 Å². The van der Waals surface area contributed by atoms with Gasteiger partial charge in [0.15, 0.2) is 0 Å². The Hall–Kier alpha value is -0.360. The maximum Gasteiger partial charge on any atom is 0.307 e. The van der Waals surface area contributed by atoms with E-state index in [4.69, 9.17) is 9.47 Å². The molecule has 0 bridgehead atoms. The Kier molecular flexibility index (Phi) is 10.5. The molecule has 0 atom stereocenters. The zero-order valence-electron chi connectivity index (χ0n) is 17.1. The lowest BCUT2D eigenvalue weighted by atomic mass is 9.70. The lowest BCUT2D eigenvalue weighted by molar-refractivity contribution is -0.175. The number of thioether (sulfide) groups is 2. The highest BCUT2D eigenvalue weighted by Gasteiger charge is 2.44. The highest BCUT2D eigenvalue weighted by atomic mass is 32.2. The molecule has 0 saturated heterocycles. The van der Waals surface area contributed by atoms with Crippen molar-refractivity contribution in [2.45, 2.75) is 83.3 Å². The zero-order valence-corrected chi connectivity index (χ0v) is 18.7. The summed E-state index contributed by atoms with van der Waals surface area (Å²) in [7, 11) is 0. The molecule has 1 aliphatic rings. The van der Waals surface area contributed by atoms with Crippen LogP contribution in [0, 0.1) is 5.92 Å². The summed E-state index contributed by atoms with van der Waals surface area (Å²) in [5, 5.41) is 0. The third-order valence-corrected chi connectivity index (χ3v) is 6.91. The Morgan fingerprint density at radius 1 is 1.00 bits per heavy atom. The molecular formula is C20H36O4S2. The van der Waals surface area contributed by atoms with Crippen LogP contribution >= 0.6 is 23.5 Å². The van der Waals surface area contributed by atoms with Crippen molar-refractivity contribution in [2.24, 2.45) is 5.92 Å². The smallest absolute Gasteiger partial charge is 0.307 e. The normalized spacial score (nSPS) is 23.5. The van der Waals surface area contributed by atoms with Gasteiger partial charge in [-0.15, -0.1) is 0 Å². The molecule has 4 nitrogen and oxygen atoms in total. The second-order valence-corrected chi connectivity index (χ2v) is 9.40. The molecule has 0 heterocycles. The van der Waals surface area contributed by atoms with Crippen molar-refractivity contribution in [3.63, 3.8) is 0 Å². The van der Waals surface area contributed by atoms with Crippen LogP contribution in [0.3, 0.4) is 0 Å². The molecular weight excluding hydrogens is 368 g/mol. The summed E-state index contributed by atoms with van der Waals surface area (Å²) >= 11 is 3.33. The van der Waals surface area contributed by atoms with Gasteiger partial charge in [-0.3, -0.25) is 9.59 Å². The maximum absolute atomic E-state index is 12.2. The quantitative estimate of drug-likeness (QED) is 0.447. The average Bonchev–Trinajstić information content (AvgIpc) is 2.63. The highest BCUT2D eigenvalue weighted by molar-refractivity contribution is 7.98. The van der Waals surface area contributed by atoms with Gasteiger partial charge in [0, 0.05) is 11.5 Å². The molecule has 0 spiro atoms. The highest BCUT2D eigenvalue weighted by Crippen LogP contribution is 2.44. The molecule has 1 fully saturated rings. The van der Waals surface area contributed by atoms with Crippen LogP contribution in [0.2, 0.25) is 0 Å². The number of rotatable bonds is 11. The summed E-state index contributed by atoms with van der Waals surface area (Å²) < 4.78 is 11.8. The fourth-order valence-electron chi connectivity index (χ4n) is 3.89. The molecule has 0 aliphatic heterocycles. The van der Waals surface area contributed by atoms with Crippen LogP contribution in [0.1, 0.15) is 72.1 Å². The maximum atomic E-state index is 12.2. The van der Waals surface area contributed by atoms with Gasteiger partial charge in [0.25, 0.3) is 0 Å². The molecule has 0 N–H and O–H groups in total. The second-order valence-electron chi connectivity index (χ2n) is 7.43.